The summed E-state index contributed by atoms with van der Waals surface area (Å²) in [6.45, 7) is -0.618. The molecule has 0 radical (unpaired) electrons. The molecule has 1 amide bonds. The molecule has 34 heavy (non-hydrogen) atoms. The zero-order chi connectivity index (χ0) is 24.7. The van der Waals surface area contributed by atoms with Crippen molar-refractivity contribution in [2.24, 2.45) is 5.10 Å². The first-order valence-electron chi connectivity index (χ1n) is 9.85. The molecule has 0 aliphatic carbocycles. The molecule has 0 atom stereocenters. The van der Waals surface area contributed by atoms with E-state index in [2.05, 4.69) is 26.5 Å². The number of nitrogens with one attached hydrogen (secondary N) is 1. The van der Waals surface area contributed by atoms with E-state index < -0.39 is 22.5 Å². The number of halogens is 3. The lowest BCUT2D eigenvalue weighted by Gasteiger charge is -2.22. The van der Waals surface area contributed by atoms with Crippen LogP contribution in [0, 0.1) is 0 Å². The molecule has 0 saturated heterocycles. The van der Waals surface area contributed by atoms with Crippen molar-refractivity contribution in [2.75, 3.05) is 13.7 Å². The molecule has 0 aliphatic heterocycles. The normalized spacial score (nSPS) is 11.7. The number of carbonyl (C=O) groups is 1. The Balaban J connectivity index is 1.82. The molecule has 0 aliphatic rings. The molecule has 3 rings (SSSR count). The van der Waals surface area contributed by atoms with Gasteiger partial charge in [-0.3, -0.25) is 4.79 Å². The highest BCUT2D eigenvalue weighted by atomic mass is 79.9. The van der Waals surface area contributed by atoms with Crippen molar-refractivity contribution in [2.45, 2.75) is 11.4 Å². The van der Waals surface area contributed by atoms with Crippen LogP contribution in [0.1, 0.15) is 11.1 Å². The molecule has 3 aromatic carbocycles. The number of hydrazone groups is 1. The van der Waals surface area contributed by atoms with E-state index in [1.807, 2.05) is 6.07 Å². The van der Waals surface area contributed by atoms with Gasteiger partial charge in [0.15, 0.2) is 0 Å². The van der Waals surface area contributed by atoms with Gasteiger partial charge in [-0.2, -0.15) is 9.41 Å². The Morgan fingerprint density at radius 3 is 2.53 bits per heavy atom. The van der Waals surface area contributed by atoms with Gasteiger partial charge in [0.1, 0.15) is 5.75 Å². The first kappa shape index (κ1) is 26.2. The van der Waals surface area contributed by atoms with Crippen molar-refractivity contribution in [1.29, 1.82) is 0 Å². The molecule has 0 fully saturated rings. The lowest BCUT2D eigenvalue weighted by atomic mass is 10.2. The van der Waals surface area contributed by atoms with E-state index in [0.717, 1.165) is 8.78 Å². The van der Waals surface area contributed by atoms with Crippen LogP contribution in [-0.4, -0.2) is 38.5 Å². The number of benzene rings is 3. The van der Waals surface area contributed by atoms with Gasteiger partial charge in [-0.05, 0) is 48.0 Å². The number of sulfonamides is 1. The van der Waals surface area contributed by atoms with E-state index in [0.29, 0.717) is 26.9 Å². The summed E-state index contributed by atoms with van der Waals surface area (Å²) in [5.41, 5.74) is 3.49. The predicted molar refractivity (Wildman–Crippen MR) is 137 cm³/mol. The molecule has 0 unspecified atom stereocenters. The fourth-order valence-corrected chi connectivity index (χ4v) is 5.23. The van der Waals surface area contributed by atoms with Crippen LogP contribution >= 0.6 is 39.1 Å². The third-order valence-corrected chi connectivity index (χ3v) is 7.53. The monoisotopic (exact) mass is 583 g/mol. The third kappa shape index (κ3) is 6.80. The van der Waals surface area contributed by atoms with Crippen molar-refractivity contribution >= 4 is 61.3 Å². The van der Waals surface area contributed by atoms with Gasteiger partial charge in [-0.15, -0.1) is 0 Å². The minimum absolute atomic E-state index is 0.0512. The molecule has 0 spiro atoms. The zero-order valence-corrected chi connectivity index (χ0v) is 21.8. The van der Waals surface area contributed by atoms with E-state index in [4.69, 9.17) is 27.9 Å². The third-order valence-electron chi connectivity index (χ3n) is 4.65. The number of rotatable bonds is 9. The minimum atomic E-state index is -4.01. The Morgan fingerprint density at radius 1 is 1.12 bits per heavy atom. The SMILES string of the molecule is COc1ccc(Br)cc1/C=N\NC(=O)CN(Cc1ccc(Cl)cc1Cl)S(=O)(=O)c1ccccc1. The summed E-state index contributed by atoms with van der Waals surface area (Å²) in [6.07, 6.45) is 1.41. The molecule has 7 nitrogen and oxygen atoms in total. The average Bonchev–Trinajstić information content (AvgIpc) is 2.81. The van der Waals surface area contributed by atoms with Gasteiger partial charge in [0.2, 0.25) is 10.0 Å². The zero-order valence-electron chi connectivity index (χ0n) is 17.9. The quantitative estimate of drug-likeness (QED) is 0.280. The maximum absolute atomic E-state index is 13.3. The van der Waals surface area contributed by atoms with Crippen LogP contribution in [0.25, 0.3) is 0 Å². The average molecular weight is 585 g/mol. The summed E-state index contributed by atoms with van der Waals surface area (Å²) in [5, 5.41) is 4.66. The van der Waals surface area contributed by atoms with Crippen molar-refractivity contribution in [1.82, 2.24) is 9.73 Å². The maximum Gasteiger partial charge on any atom is 0.255 e. The summed E-state index contributed by atoms with van der Waals surface area (Å²) in [5.74, 6) is -0.0679. The van der Waals surface area contributed by atoms with Gasteiger partial charge in [-0.25, -0.2) is 13.8 Å². The Hall–Kier alpha value is -2.43. The number of nitrogens with zero attached hydrogens (tertiary/aromatic N) is 2. The summed E-state index contributed by atoms with van der Waals surface area (Å²) in [6, 6.07) is 17.9. The van der Waals surface area contributed by atoms with Crippen molar-refractivity contribution < 1.29 is 17.9 Å². The second kappa shape index (κ2) is 11.8. The molecule has 0 heterocycles. The largest absolute Gasteiger partial charge is 0.496 e. The van der Waals surface area contributed by atoms with Crippen molar-refractivity contribution in [3.63, 3.8) is 0 Å². The van der Waals surface area contributed by atoms with E-state index in [1.54, 1.807) is 42.5 Å². The molecule has 11 heteroatoms. The highest BCUT2D eigenvalue weighted by Crippen LogP contribution is 2.25. The first-order chi connectivity index (χ1) is 16.2. The van der Waals surface area contributed by atoms with E-state index in [-0.39, 0.29) is 11.4 Å². The smallest absolute Gasteiger partial charge is 0.255 e. The lowest BCUT2D eigenvalue weighted by molar-refractivity contribution is -0.121. The van der Waals surface area contributed by atoms with Crippen LogP contribution in [-0.2, 0) is 21.4 Å². The van der Waals surface area contributed by atoms with Crippen LogP contribution in [0.5, 0.6) is 5.75 Å². The second-order valence-corrected chi connectivity index (χ2v) is 10.7. The molecule has 1 N–H and O–H groups in total. The molecular formula is C23H20BrCl2N3O4S. The maximum atomic E-state index is 13.3. The number of amides is 1. The van der Waals surface area contributed by atoms with Gasteiger partial charge in [0.05, 0.1) is 24.8 Å². The van der Waals surface area contributed by atoms with Gasteiger partial charge in [0, 0.05) is 26.6 Å². The lowest BCUT2D eigenvalue weighted by Crippen LogP contribution is -2.39. The molecule has 178 valence electrons. The summed E-state index contributed by atoms with van der Waals surface area (Å²) in [4.78, 5) is 12.7. The number of carbonyl (C=O) groups excluding carboxylic acids is 1. The minimum Gasteiger partial charge on any atom is -0.496 e. The summed E-state index contributed by atoms with van der Waals surface area (Å²) >= 11 is 15.6. The summed E-state index contributed by atoms with van der Waals surface area (Å²) in [7, 11) is -2.49. The summed E-state index contributed by atoms with van der Waals surface area (Å²) < 4.78 is 33.7. The first-order valence-corrected chi connectivity index (χ1v) is 12.8. The molecule has 0 saturated carbocycles. The van der Waals surface area contributed by atoms with Crippen LogP contribution in [0.2, 0.25) is 10.0 Å². The highest BCUT2D eigenvalue weighted by Gasteiger charge is 2.27. The van der Waals surface area contributed by atoms with Crippen molar-refractivity contribution in [3.8, 4) is 5.75 Å². The number of ether oxygens (including phenoxy) is 1. The van der Waals surface area contributed by atoms with Crippen LogP contribution in [0.15, 0.2) is 81.2 Å². The molecule has 0 aromatic heterocycles. The fourth-order valence-electron chi connectivity index (χ4n) is 2.98. The Kier molecular flexibility index (Phi) is 9.10. The standard InChI is InChI=1S/C23H20BrCl2N3O4S/c1-33-22-10-8-18(24)11-17(22)13-27-28-23(30)15-29(14-16-7-9-19(25)12-21(16)26)34(31,32)20-5-3-2-4-6-20/h2-13H,14-15H2,1H3,(H,28,30)/b27-13-. The van der Waals surface area contributed by atoms with E-state index >= 15 is 0 Å². The van der Waals surface area contributed by atoms with Crippen molar-refractivity contribution in [3.05, 3.63) is 92.4 Å². The number of hydrogen-bond acceptors (Lipinski definition) is 5. The Bertz CT molecular complexity index is 1300. The van der Waals surface area contributed by atoms with E-state index in [1.165, 1.54) is 31.5 Å². The number of methoxy groups -OCH3 is 1. The van der Waals surface area contributed by atoms with Crippen LogP contribution in [0.4, 0.5) is 0 Å². The second-order valence-electron chi connectivity index (χ2n) is 7.00. The topological polar surface area (TPSA) is 88.1 Å². The predicted octanol–water partition coefficient (Wildman–Crippen LogP) is 5.11. The van der Waals surface area contributed by atoms with Gasteiger partial charge >= 0.3 is 0 Å². The molecular weight excluding hydrogens is 565 g/mol. The van der Waals surface area contributed by atoms with Gasteiger partial charge < -0.3 is 4.74 Å². The molecule has 3 aromatic rings. The van der Waals surface area contributed by atoms with E-state index in [9.17, 15) is 13.2 Å². The van der Waals surface area contributed by atoms with Gasteiger partial charge in [0.25, 0.3) is 5.91 Å². The van der Waals surface area contributed by atoms with Crippen LogP contribution in [0.3, 0.4) is 0 Å². The van der Waals surface area contributed by atoms with Crippen LogP contribution < -0.4 is 10.2 Å². The Labute approximate surface area is 216 Å². The molecule has 0 bridgehead atoms. The number of hydrogen-bond donors (Lipinski definition) is 1. The Morgan fingerprint density at radius 2 is 1.85 bits per heavy atom. The highest BCUT2D eigenvalue weighted by molar-refractivity contribution is 9.10. The fraction of sp³-hybridized carbons (Fsp3) is 0.130. The van der Waals surface area contributed by atoms with Gasteiger partial charge in [-0.1, -0.05) is 63.4 Å².